The summed E-state index contributed by atoms with van der Waals surface area (Å²) in [5.74, 6) is -0.956. The van der Waals surface area contributed by atoms with Gasteiger partial charge in [0, 0.05) is 24.5 Å². The number of hydrogen-bond donors (Lipinski definition) is 2. The number of carbonyl (C=O) groups is 1. The van der Waals surface area contributed by atoms with Crippen molar-refractivity contribution in [3.8, 4) is 11.3 Å². The van der Waals surface area contributed by atoms with Crippen LogP contribution < -0.4 is 0 Å². The summed E-state index contributed by atoms with van der Waals surface area (Å²) in [4.78, 5) is 16.1. The number of likely N-dealkylation sites (N-methyl/N-ethyl adjacent to an activating group) is 1. The van der Waals surface area contributed by atoms with E-state index in [2.05, 4.69) is 10.1 Å². The van der Waals surface area contributed by atoms with E-state index in [1.165, 1.54) is 4.68 Å². The summed E-state index contributed by atoms with van der Waals surface area (Å²) in [5, 5.41) is 13.5. The predicted molar refractivity (Wildman–Crippen MR) is 67.5 cm³/mol. The summed E-state index contributed by atoms with van der Waals surface area (Å²) in [7, 11) is 3.88. The number of aromatic nitrogens is 3. The molecule has 0 aliphatic rings. The van der Waals surface area contributed by atoms with Crippen molar-refractivity contribution in [3.05, 3.63) is 30.2 Å². The first-order valence-corrected chi connectivity index (χ1v) is 5.67. The maximum absolute atomic E-state index is 11.2. The van der Waals surface area contributed by atoms with Gasteiger partial charge in [-0.2, -0.15) is 5.10 Å². The first-order valence-electron chi connectivity index (χ1n) is 5.67. The predicted octanol–water partition coefficient (Wildman–Crippen LogP) is 1.14. The Morgan fingerprint density at radius 2 is 2.33 bits per heavy atom. The van der Waals surface area contributed by atoms with Crippen LogP contribution in [0.15, 0.2) is 24.5 Å². The molecule has 96 valence electrons. The molecule has 2 rings (SSSR count). The Morgan fingerprint density at radius 1 is 1.56 bits per heavy atom. The molecule has 6 nitrogen and oxygen atoms in total. The highest BCUT2D eigenvalue weighted by Gasteiger charge is 2.15. The van der Waals surface area contributed by atoms with Gasteiger partial charge in [-0.3, -0.25) is 4.68 Å². The number of nitrogens with zero attached hydrogens (tertiary/aromatic N) is 3. The molecule has 18 heavy (non-hydrogen) atoms. The molecule has 0 spiro atoms. The van der Waals surface area contributed by atoms with E-state index in [0.29, 0.717) is 12.2 Å². The van der Waals surface area contributed by atoms with Crippen LogP contribution in [0.5, 0.6) is 0 Å². The number of nitrogens with one attached hydrogen (secondary N) is 1. The molecular formula is C12H16N4O2. The molecule has 0 aliphatic heterocycles. The summed E-state index contributed by atoms with van der Waals surface area (Å²) >= 11 is 0. The van der Waals surface area contributed by atoms with Gasteiger partial charge in [-0.05, 0) is 26.2 Å². The fraction of sp³-hybridized carbons (Fsp3) is 0.333. The molecule has 0 fully saturated rings. The van der Waals surface area contributed by atoms with Crippen LogP contribution in [0.3, 0.4) is 0 Å². The minimum atomic E-state index is -0.956. The maximum atomic E-state index is 11.2. The Morgan fingerprint density at radius 3 is 2.89 bits per heavy atom. The highest BCUT2D eigenvalue weighted by Crippen LogP contribution is 2.18. The van der Waals surface area contributed by atoms with Crippen molar-refractivity contribution in [2.45, 2.75) is 6.54 Å². The lowest BCUT2D eigenvalue weighted by Crippen LogP contribution is -2.21. The molecule has 0 bridgehead atoms. The number of carboxylic acid groups (broad SMARTS) is 1. The number of carboxylic acids is 1. The Bertz CT molecular complexity index is 528. The van der Waals surface area contributed by atoms with E-state index in [0.717, 1.165) is 12.1 Å². The van der Waals surface area contributed by atoms with E-state index in [1.54, 1.807) is 18.5 Å². The minimum Gasteiger partial charge on any atom is -0.477 e. The van der Waals surface area contributed by atoms with E-state index in [-0.39, 0.29) is 5.69 Å². The number of hydrogen-bond acceptors (Lipinski definition) is 3. The van der Waals surface area contributed by atoms with Crippen LogP contribution in [0, 0.1) is 0 Å². The van der Waals surface area contributed by atoms with Crippen molar-refractivity contribution in [1.29, 1.82) is 0 Å². The summed E-state index contributed by atoms with van der Waals surface area (Å²) in [5.41, 5.74) is 1.78. The topological polar surface area (TPSA) is 74.2 Å². The molecule has 6 heteroatoms. The van der Waals surface area contributed by atoms with Crippen molar-refractivity contribution >= 4 is 5.97 Å². The van der Waals surface area contributed by atoms with Gasteiger partial charge in [-0.1, -0.05) is 0 Å². The number of aromatic amines is 1. The first-order chi connectivity index (χ1) is 8.58. The van der Waals surface area contributed by atoms with Gasteiger partial charge in [-0.15, -0.1) is 0 Å². The standard InChI is InChI=1S/C12H16N4O2/c1-15(2)5-6-16-11(12(17)18)7-10(14-16)9-3-4-13-8-9/h3-4,7-8,13H,5-6H2,1-2H3,(H,17,18). The Balaban J connectivity index is 2.30. The largest absolute Gasteiger partial charge is 0.477 e. The van der Waals surface area contributed by atoms with Crippen molar-refractivity contribution in [3.63, 3.8) is 0 Å². The molecule has 0 radical (unpaired) electrons. The van der Waals surface area contributed by atoms with E-state index >= 15 is 0 Å². The molecule has 0 saturated carbocycles. The van der Waals surface area contributed by atoms with Crippen LogP contribution in [-0.2, 0) is 6.54 Å². The van der Waals surface area contributed by atoms with E-state index in [4.69, 9.17) is 5.11 Å². The average molecular weight is 248 g/mol. The molecule has 2 heterocycles. The van der Waals surface area contributed by atoms with Crippen molar-refractivity contribution in [1.82, 2.24) is 19.7 Å². The maximum Gasteiger partial charge on any atom is 0.354 e. The normalized spacial score (nSPS) is 11.1. The second kappa shape index (κ2) is 5.05. The van der Waals surface area contributed by atoms with Gasteiger partial charge >= 0.3 is 5.97 Å². The summed E-state index contributed by atoms with van der Waals surface area (Å²) in [6.07, 6.45) is 3.58. The van der Waals surface area contributed by atoms with Crippen molar-refractivity contribution in [2.24, 2.45) is 0 Å². The van der Waals surface area contributed by atoms with Gasteiger partial charge in [0.25, 0.3) is 0 Å². The lowest BCUT2D eigenvalue weighted by atomic mass is 10.2. The molecule has 2 N–H and O–H groups in total. The first kappa shape index (κ1) is 12.4. The summed E-state index contributed by atoms with van der Waals surface area (Å²) in [6.45, 7) is 1.30. The molecule has 0 saturated heterocycles. The van der Waals surface area contributed by atoms with E-state index in [1.807, 2.05) is 25.1 Å². The molecule has 0 atom stereocenters. The van der Waals surface area contributed by atoms with Gasteiger partial charge < -0.3 is 15.0 Å². The summed E-state index contributed by atoms with van der Waals surface area (Å²) < 4.78 is 1.53. The zero-order valence-corrected chi connectivity index (χ0v) is 10.4. The van der Waals surface area contributed by atoms with Crippen LogP contribution >= 0.6 is 0 Å². The van der Waals surface area contributed by atoms with Crippen molar-refractivity contribution in [2.75, 3.05) is 20.6 Å². The van der Waals surface area contributed by atoms with Gasteiger partial charge in [0.05, 0.1) is 12.2 Å². The van der Waals surface area contributed by atoms with Crippen LogP contribution in [0.25, 0.3) is 11.3 Å². The van der Waals surface area contributed by atoms with Crippen LogP contribution in [0.2, 0.25) is 0 Å². The molecular weight excluding hydrogens is 232 g/mol. The van der Waals surface area contributed by atoms with E-state index < -0.39 is 5.97 Å². The number of H-pyrrole nitrogens is 1. The highest BCUT2D eigenvalue weighted by atomic mass is 16.4. The Kier molecular flexibility index (Phi) is 3.47. The molecule has 0 aliphatic carbocycles. The quantitative estimate of drug-likeness (QED) is 0.832. The average Bonchev–Trinajstić information content (AvgIpc) is 2.94. The van der Waals surface area contributed by atoms with E-state index in [9.17, 15) is 4.79 Å². The Hall–Kier alpha value is -2.08. The molecule has 0 unspecified atom stereocenters. The Labute approximate surface area is 105 Å². The monoisotopic (exact) mass is 248 g/mol. The highest BCUT2D eigenvalue weighted by molar-refractivity contribution is 5.87. The SMILES string of the molecule is CN(C)CCn1nc(-c2cc[nH]c2)cc1C(=O)O. The zero-order chi connectivity index (χ0) is 13.1. The second-order valence-electron chi connectivity index (χ2n) is 4.35. The summed E-state index contributed by atoms with van der Waals surface area (Å²) in [6, 6.07) is 3.46. The van der Waals surface area contributed by atoms with Gasteiger partial charge in [0.1, 0.15) is 5.69 Å². The van der Waals surface area contributed by atoms with Gasteiger partial charge in [0.2, 0.25) is 0 Å². The molecule has 0 aromatic carbocycles. The zero-order valence-electron chi connectivity index (χ0n) is 10.4. The van der Waals surface area contributed by atoms with Gasteiger partial charge in [-0.25, -0.2) is 4.79 Å². The van der Waals surface area contributed by atoms with Crippen LogP contribution in [0.1, 0.15) is 10.5 Å². The van der Waals surface area contributed by atoms with Crippen LogP contribution in [-0.4, -0.2) is 51.4 Å². The molecule has 2 aromatic rings. The fourth-order valence-corrected chi connectivity index (χ4v) is 1.68. The third kappa shape index (κ3) is 2.60. The van der Waals surface area contributed by atoms with Crippen LogP contribution in [0.4, 0.5) is 0 Å². The number of aromatic carboxylic acids is 1. The minimum absolute atomic E-state index is 0.216. The fourth-order valence-electron chi connectivity index (χ4n) is 1.68. The molecule has 0 amide bonds. The third-order valence-electron chi connectivity index (χ3n) is 2.65. The lowest BCUT2D eigenvalue weighted by molar-refractivity contribution is 0.0682. The smallest absolute Gasteiger partial charge is 0.354 e. The second-order valence-corrected chi connectivity index (χ2v) is 4.35. The molecule has 2 aromatic heterocycles. The third-order valence-corrected chi connectivity index (χ3v) is 2.65. The number of rotatable bonds is 5. The van der Waals surface area contributed by atoms with Crippen molar-refractivity contribution < 1.29 is 9.90 Å². The lowest BCUT2D eigenvalue weighted by Gasteiger charge is -2.10. The van der Waals surface area contributed by atoms with Gasteiger partial charge in [0.15, 0.2) is 0 Å².